The smallest absolute Gasteiger partial charge is 0.245 e. The zero-order valence-corrected chi connectivity index (χ0v) is 11.0. The van der Waals surface area contributed by atoms with Crippen LogP contribution >= 0.6 is 0 Å². The quantitative estimate of drug-likeness (QED) is 0.690. The molecule has 1 unspecified atom stereocenters. The largest absolute Gasteiger partial charge is 0.324 e. The number of fused-ring (bicyclic) bond motifs is 1. The van der Waals surface area contributed by atoms with E-state index in [0.717, 1.165) is 10.9 Å². The second kappa shape index (κ2) is 5.34. The Hall–Kier alpha value is -2.73. The summed E-state index contributed by atoms with van der Waals surface area (Å²) in [6, 6.07) is 10.2. The third-order valence-corrected chi connectivity index (χ3v) is 3.23. The average Bonchev–Trinajstić information content (AvgIpc) is 2.94. The van der Waals surface area contributed by atoms with E-state index in [-0.39, 0.29) is 5.56 Å². The number of nitrogens with zero attached hydrogens (tertiary/aromatic N) is 1. The maximum absolute atomic E-state index is 13.6. The van der Waals surface area contributed by atoms with Gasteiger partial charge >= 0.3 is 0 Å². The van der Waals surface area contributed by atoms with Gasteiger partial charge in [0, 0.05) is 16.6 Å². The molecule has 0 saturated carbocycles. The van der Waals surface area contributed by atoms with Crippen molar-refractivity contribution in [1.82, 2.24) is 10.2 Å². The molecule has 1 heterocycles. The number of H-pyrrole nitrogens is 1. The van der Waals surface area contributed by atoms with Gasteiger partial charge in [0.2, 0.25) is 5.91 Å². The van der Waals surface area contributed by atoms with Gasteiger partial charge in [-0.25, -0.2) is 4.39 Å². The van der Waals surface area contributed by atoms with Crippen molar-refractivity contribution < 1.29 is 9.18 Å². The SMILES string of the molecule is NC(C(=O)Nc1ccc2[nH]ncc2c1)c1ccccc1F. The van der Waals surface area contributed by atoms with Gasteiger partial charge < -0.3 is 11.1 Å². The molecule has 1 atom stereocenters. The van der Waals surface area contributed by atoms with Crippen LogP contribution in [0.5, 0.6) is 0 Å². The van der Waals surface area contributed by atoms with E-state index in [9.17, 15) is 9.18 Å². The molecule has 5 nitrogen and oxygen atoms in total. The molecule has 1 amide bonds. The van der Waals surface area contributed by atoms with E-state index in [2.05, 4.69) is 15.5 Å². The van der Waals surface area contributed by atoms with Crippen LogP contribution < -0.4 is 11.1 Å². The van der Waals surface area contributed by atoms with Crippen molar-refractivity contribution in [3.63, 3.8) is 0 Å². The van der Waals surface area contributed by atoms with Crippen LogP contribution in [0.1, 0.15) is 11.6 Å². The average molecular weight is 284 g/mol. The van der Waals surface area contributed by atoms with Crippen molar-refractivity contribution >= 4 is 22.5 Å². The molecule has 0 saturated heterocycles. The maximum Gasteiger partial charge on any atom is 0.245 e. The van der Waals surface area contributed by atoms with Gasteiger partial charge in [-0.15, -0.1) is 0 Å². The molecule has 0 aliphatic rings. The minimum absolute atomic E-state index is 0.166. The third kappa shape index (κ3) is 2.61. The molecule has 0 aliphatic heterocycles. The van der Waals surface area contributed by atoms with Gasteiger partial charge in [0.25, 0.3) is 0 Å². The molecule has 0 radical (unpaired) electrons. The number of aromatic nitrogens is 2. The van der Waals surface area contributed by atoms with Crippen LogP contribution in [-0.4, -0.2) is 16.1 Å². The molecular formula is C15H13FN4O. The molecule has 0 fully saturated rings. The first-order valence-electron chi connectivity index (χ1n) is 6.39. The third-order valence-electron chi connectivity index (χ3n) is 3.23. The molecule has 1 aromatic heterocycles. The Morgan fingerprint density at radius 2 is 2.10 bits per heavy atom. The van der Waals surface area contributed by atoms with E-state index in [0.29, 0.717) is 5.69 Å². The lowest BCUT2D eigenvalue weighted by Gasteiger charge is -2.13. The summed E-state index contributed by atoms with van der Waals surface area (Å²) < 4.78 is 13.6. The summed E-state index contributed by atoms with van der Waals surface area (Å²) in [4.78, 5) is 12.1. The predicted molar refractivity (Wildman–Crippen MR) is 78.1 cm³/mol. The van der Waals surface area contributed by atoms with Crippen LogP contribution in [-0.2, 0) is 4.79 Å². The fraction of sp³-hybridized carbons (Fsp3) is 0.0667. The highest BCUT2D eigenvalue weighted by atomic mass is 19.1. The Kier molecular flexibility index (Phi) is 3.37. The van der Waals surface area contributed by atoms with Crippen LogP contribution in [0, 0.1) is 5.82 Å². The van der Waals surface area contributed by atoms with Gasteiger partial charge in [0.15, 0.2) is 0 Å². The number of carbonyl (C=O) groups is 1. The summed E-state index contributed by atoms with van der Waals surface area (Å²) in [5.74, 6) is -0.964. The minimum Gasteiger partial charge on any atom is -0.324 e. The number of amides is 1. The first-order valence-corrected chi connectivity index (χ1v) is 6.39. The molecule has 6 heteroatoms. The summed E-state index contributed by atoms with van der Waals surface area (Å²) in [5, 5.41) is 10.3. The molecule has 21 heavy (non-hydrogen) atoms. The molecule has 3 rings (SSSR count). The van der Waals surface area contributed by atoms with Crippen LogP contribution in [0.4, 0.5) is 10.1 Å². The van der Waals surface area contributed by atoms with Crippen molar-refractivity contribution in [2.24, 2.45) is 5.73 Å². The van der Waals surface area contributed by atoms with E-state index in [1.807, 2.05) is 0 Å². The second-order valence-electron chi connectivity index (χ2n) is 4.66. The van der Waals surface area contributed by atoms with Crippen molar-refractivity contribution in [3.05, 3.63) is 60.0 Å². The lowest BCUT2D eigenvalue weighted by Crippen LogP contribution is -2.28. The normalized spacial score (nSPS) is 12.3. The van der Waals surface area contributed by atoms with E-state index >= 15 is 0 Å². The standard InChI is InChI=1S/C15H13FN4O/c16-12-4-2-1-3-11(12)14(17)15(21)19-10-5-6-13-9(7-10)8-18-20-13/h1-8,14H,17H2,(H,18,20)(H,19,21). The minimum atomic E-state index is -1.06. The number of halogens is 1. The Morgan fingerprint density at radius 1 is 1.29 bits per heavy atom. The van der Waals surface area contributed by atoms with E-state index in [4.69, 9.17) is 5.73 Å². The Morgan fingerprint density at radius 3 is 2.90 bits per heavy atom. The zero-order chi connectivity index (χ0) is 14.8. The number of carbonyl (C=O) groups excluding carboxylic acids is 1. The number of aromatic amines is 1. The number of rotatable bonds is 3. The molecule has 0 bridgehead atoms. The monoisotopic (exact) mass is 284 g/mol. The van der Waals surface area contributed by atoms with Gasteiger partial charge in [-0.05, 0) is 24.3 Å². The number of anilines is 1. The molecule has 4 N–H and O–H groups in total. The van der Waals surface area contributed by atoms with Gasteiger partial charge in [-0.2, -0.15) is 5.10 Å². The van der Waals surface area contributed by atoms with Crippen molar-refractivity contribution in [3.8, 4) is 0 Å². The lowest BCUT2D eigenvalue weighted by atomic mass is 10.1. The summed E-state index contributed by atoms with van der Waals surface area (Å²) >= 11 is 0. The molecule has 0 aliphatic carbocycles. The number of hydrogen-bond acceptors (Lipinski definition) is 3. The highest BCUT2D eigenvalue weighted by Gasteiger charge is 2.19. The fourth-order valence-corrected chi connectivity index (χ4v) is 2.11. The number of nitrogens with two attached hydrogens (primary N) is 1. The van der Waals surface area contributed by atoms with E-state index in [1.165, 1.54) is 12.1 Å². The second-order valence-corrected chi connectivity index (χ2v) is 4.66. The van der Waals surface area contributed by atoms with Crippen LogP contribution in [0.2, 0.25) is 0 Å². The van der Waals surface area contributed by atoms with Crippen LogP contribution in [0.25, 0.3) is 10.9 Å². The highest BCUT2D eigenvalue weighted by molar-refractivity contribution is 5.97. The molecule has 2 aromatic carbocycles. The summed E-state index contributed by atoms with van der Waals surface area (Å²) in [6.45, 7) is 0. The Labute approximate surface area is 120 Å². The van der Waals surface area contributed by atoms with Crippen LogP contribution in [0.15, 0.2) is 48.7 Å². The Bertz CT molecular complexity index is 799. The Balaban J connectivity index is 1.80. The number of nitrogens with one attached hydrogen (secondary N) is 2. The lowest BCUT2D eigenvalue weighted by molar-refractivity contribution is -0.117. The van der Waals surface area contributed by atoms with Crippen molar-refractivity contribution in [2.75, 3.05) is 5.32 Å². The first kappa shape index (κ1) is 13.3. The highest BCUT2D eigenvalue weighted by Crippen LogP contribution is 2.20. The van der Waals surface area contributed by atoms with Crippen LogP contribution in [0.3, 0.4) is 0 Å². The van der Waals surface area contributed by atoms with Gasteiger partial charge in [0.1, 0.15) is 11.9 Å². The molecule has 106 valence electrons. The van der Waals surface area contributed by atoms with Gasteiger partial charge in [-0.1, -0.05) is 18.2 Å². The predicted octanol–water partition coefficient (Wildman–Crippen LogP) is 2.34. The van der Waals surface area contributed by atoms with E-state index < -0.39 is 17.8 Å². The maximum atomic E-state index is 13.6. The zero-order valence-electron chi connectivity index (χ0n) is 11.0. The van der Waals surface area contributed by atoms with Gasteiger partial charge in [-0.3, -0.25) is 9.89 Å². The molecule has 0 spiro atoms. The molecular weight excluding hydrogens is 271 g/mol. The van der Waals surface area contributed by atoms with Crippen molar-refractivity contribution in [1.29, 1.82) is 0 Å². The summed E-state index contributed by atoms with van der Waals surface area (Å²) in [6.07, 6.45) is 1.65. The topological polar surface area (TPSA) is 83.8 Å². The number of benzene rings is 2. The first-order chi connectivity index (χ1) is 10.1. The fourth-order valence-electron chi connectivity index (χ4n) is 2.11. The molecule has 3 aromatic rings. The van der Waals surface area contributed by atoms with E-state index in [1.54, 1.807) is 36.5 Å². The van der Waals surface area contributed by atoms with Crippen molar-refractivity contribution in [2.45, 2.75) is 6.04 Å². The summed E-state index contributed by atoms with van der Waals surface area (Å²) in [7, 11) is 0. The summed E-state index contributed by atoms with van der Waals surface area (Å²) in [5.41, 5.74) is 7.43. The number of hydrogen-bond donors (Lipinski definition) is 3. The van der Waals surface area contributed by atoms with Gasteiger partial charge in [0.05, 0.1) is 11.7 Å².